The van der Waals surface area contributed by atoms with E-state index in [4.69, 9.17) is 4.99 Å². The summed E-state index contributed by atoms with van der Waals surface area (Å²) in [6.07, 6.45) is 5.29. The summed E-state index contributed by atoms with van der Waals surface area (Å²) in [6.45, 7) is 7.36. The lowest BCUT2D eigenvalue weighted by atomic mass is 10.2. The molecule has 0 radical (unpaired) electrons. The van der Waals surface area contributed by atoms with Gasteiger partial charge in [-0.15, -0.1) is 24.0 Å². The third kappa shape index (κ3) is 6.28. The molecule has 2 rings (SSSR count). The molecule has 6 heteroatoms. The van der Waals surface area contributed by atoms with Crippen LogP contribution in [0.25, 0.3) is 0 Å². The molecule has 1 unspecified atom stereocenters. The lowest BCUT2D eigenvalue weighted by molar-refractivity contribution is 0.119. The van der Waals surface area contributed by atoms with E-state index in [1.165, 1.54) is 25.7 Å². The highest BCUT2D eigenvalue weighted by molar-refractivity contribution is 14.0. The number of aliphatic imine (C=N–C) groups is 1. The Morgan fingerprint density at radius 3 is 2.57 bits per heavy atom. The molecule has 21 heavy (non-hydrogen) atoms. The molecule has 0 spiro atoms. The van der Waals surface area contributed by atoms with Gasteiger partial charge < -0.3 is 15.5 Å². The number of rotatable bonds is 4. The Balaban J connectivity index is 0.00000220. The van der Waals surface area contributed by atoms with E-state index in [2.05, 4.69) is 41.5 Å². The molecule has 124 valence electrons. The van der Waals surface area contributed by atoms with Gasteiger partial charge in [0.1, 0.15) is 0 Å². The molecule has 0 aromatic carbocycles. The Kier molecular flexibility index (Phi) is 8.89. The van der Waals surface area contributed by atoms with Crippen molar-refractivity contribution in [3.63, 3.8) is 0 Å². The number of halogens is 1. The van der Waals surface area contributed by atoms with Crippen molar-refractivity contribution in [2.75, 3.05) is 46.8 Å². The van der Waals surface area contributed by atoms with Gasteiger partial charge in [-0.1, -0.05) is 12.8 Å². The van der Waals surface area contributed by atoms with Gasteiger partial charge in [0.25, 0.3) is 0 Å². The summed E-state index contributed by atoms with van der Waals surface area (Å²) >= 11 is 0. The number of guanidine groups is 1. The molecule has 1 atom stereocenters. The van der Waals surface area contributed by atoms with Gasteiger partial charge in [0.2, 0.25) is 0 Å². The molecule has 2 fully saturated rings. The molecule has 5 nitrogen and oxygen atoms in total. The topological polar surface area (TPSA) is 42.9 Å². The lowest BCUT2D eigenvalue weighted by Crippen LogP contribution is -2.52. The maximum absolute atomic E-state index is 4.81. The molecule has 1 aliphatic heterocycles. The second-order valence-corrected chi connectivity index (χ2v) is 6.24. The smallest absolute Gasteiger partial charge is 0.191 e. The lowest BCUT2D eigenvalue weighted by Gasteiger charge is -2.37. The molecule has 1 aliphatic carbocycles. The van der Waals surface area contributed by atoms with Crippen LogP contribution in [0, 0.1) is 0 Å². The zero-order valence-electron chi connectivity index (χ0n) is 13.8. The highest BCUT2D eigenvalue weighted by Crippen LogP contribution is 2.17. The Bertz CT molecular complexity index is 317. The van der Waals surface area contributed by atoms with Crippen LogP contribution in [-0.4, -0.2) is 74.7 Å². The van der Waals surface area contributed by atoms with Crippen molar-refractivity contribution in [1.29, 1.82) is 0 Å². The maximum Gasteiger partial charge on any atom is 0.191 e. The van der Waals surface area contributed by atoms with Gasteiger partial charge in [-0.05, 0) is 33.9 Å². The fourth-order valence-electron chi connectivity index (χ4n) is 3.08. The maximum atomic E-state index is 4.81. The van der Waals surface area contributed by atoms with E-state index >= 15 is 0 Å². The van der Waals surface area contributed by atoms with Crippen LogP contribution in [-0.2, 0) is 0 Å². The van der Waals surface area contributed by atoms with Gasteiger partial charge in [0.05, 0.1) is 6.54 Å². The minimum atomic E-state index is 0. The molecular weight excluding hydrogens is 377 g/mol. The van der Waals surface area contributed by atoms with E-state index in [1.54, 1.807) is 0 Å². The van der Waals surface area contributed by atoms with Gasteiger partial charge in [-0.25, -0.2) is 0 Å². The largest absolute Gasteiger partial charge is 0.357 e. The monoisotopic (exact) mass is 409 g/mol. The predicted octanol–water partition coefficient (Wildman–Crippen LogP) is 1.35. The average molecular weight is 409 g/mol. The molecule has 0 aromatic heterocycles. The van der Waals surface area contributed by atoms with Crippen molar-refractivity contribution >= 4 is 29.9 Å². The van der Waals surface area contributed by atoms with E-state index in [-0.39, 0.29) is 24.0 Å². The first kappa shape index (κ1) is 19.0. The van der Waals surface area contributed by atoms with Crippen LogP contribution in [0.15, 0.2) is 4.99 Å². The summed E-state index contributed by atoms with van der Waals surface area (Å²) in [5, 5.41) is 6.97. The molecule has 0 bridgehead atoms. The SMILES string of the molecule is CCNC(=NCC1CN(C)CCN1C)NC1CCCC1.I. The fourth-order valence-corrected chi connectivity index (χ4v) is 3.08. The van der Waals surface area contributed by atoms with E-state index < -0.39 is 0 Å². The predicted molar refractivity (Wildman–Crippen MR) is 101 cm³/mol. The average Bonchev–Trinajstić information content (AvgIpc) is 2.93. The van der Waals surface area contributed by atoms with Crippen LogP contribution < -0.4 is 10.6 Å². The Morgan fingerprint density at radius 1 is 1.19 bits per heavy atom. The van der Waals surface area contributed by atoms with Crippen LogP contribution in [0.4, 0.5) is 0 Å². The van der Waals surface area contributed by atoms with Gasteiger partial charge >= 0.3 is 0 Å². The normalized spacial score (nSPS) is 25.7. The fraction of sp³-hybridized carbons (Fsp3) is 0.933. The zero-order valence-corrected chi connectivity index (χ0v) is 16.1. The minimum Gasteiger partial charge on any atom is -0.357 e. The van der Waals surface area contributed by atoms with Crippen molar-refractivity contribution < 1.29 is 0 Å². The summed E-state index contributed by atoms with van der Waals surface area (Å²) in [5.41, 5.74) is 0. The summed E-state index contributed by atoms with van der Waals surface area (Å²) in [7, 11) is 4.41. The second kappa shape index (κ2) is 9.84. The summed E-state index contributed by atoms with van der Waals surface area (Å²) < 4.78 is 0. The quantitative estimate of drug-likeness (QED) is 0.418. The molecule has 0 amide bonds. The molecule has 1 saturated carbocycles. The van der Waals surface area contributed by atoms with Crippen molar-refractivity contribution in [2.24, 2.45) is 4.99 Å². The van der Waals surface area contributed by atoms with Gasteiger partial charge in [-0.3, -0.25) is 9.89 Å². The first-order valence-electron chi connectivity index (χ1n) is 8.12. The van der Waals surface area contributed by atoms with Crippen molar-refractivity contribution in [3.8, 4) is 0 Å². The number of piperazine rings is 1. The minimum absolute atomic E-state index is 0. The number of hydrogen-bond donors (Lipinski definition) is 2. The second-order valence-electron chi connectivity index (χ2n) is 6.24. The third-order valence-electron chi connectivity index (χ3n) is 4.48. The van der Waals surface area contributed by atoms with Crippen LogP contribution >= 0.6 is 24.0 Å². The Labute approximate surface area is 146 Å². The van der Waals surface area contributed by atoms with E-state index in [1.807, 2.05) is 0 Å². The van der Waals surface area contributed by atoms with Crippen LogP contribution in [0.2, 0.25) is 0 Å². The number of nitrogens with one attached hydrogen (secondary N) is 2. The van der Waals surface area contributed by atoms with E-state index in [0.29, 0.717) is 12.1 Å². The van der Waals surface area contributed by atoms with Gasteiger partial charge in [0, 0.05) is 38.3 Å². The summed E-state index contributed by atoms with van der Waals surface area (Å²) in [6, 6.07) is 1.16. The van der Waals surface area contributed by atoms with Crippen molar-refractivity contribution in [2.45, 2.75) is 44.7 Å². The van der Waals surface area contributed by atoms with Crippen LogP contribution in [0.1, 0.15) is 32.6 Å². The van der Waals surface area contributed by atoms with Crippen molar-refractivity contribution in [1.82, 2.24) is 20.4 Å². The van der Waals surface area contributed by atoms with Gasteiger partial charge in [0.15, 0.2) is 5.96 Å². The van der Waals surface area contributed by atoms with Crippen LogP contribution in [0.3, 0.4) is 0 Å². The summed E-state index contributed by atoms with van der Waals surface area (Å²) in [5.74, 6) is 1.00. The molecule has 2 aliphatic rings. The summed E-state index contributed by atoms with van der Waals surface area (Å²) in [4.78, 5) is 9.65. The van der Waals surface area contributed by atoms with Gasteiger partial charge in [-0.2, -0.15) is 0 Å². The first-order chi connectivity index (χ1) is 9.69. The highest BCUT2D eigenvalue weighted by atomic mass is 127. The Morgan fingerprint density at radius 2 is 1.90 bits per heavy atom. The molecule has 1 saturated heterocycles. The first-order valence-corrected chi connectivity index (χ1v) is 8.12. The van der Waals surface area contributed by atoms with E-state index in [0.717, 1.165) is 38.7 Å². The number of likely N-dealkylation sites (N-methyl/N-ethyl adjacent to an activating group) is 2. The Hall–Kier alpha value is -0.0800. The van der Waals surface area contributed by atoms with Crippen LogP contribution in [0.5, 0.6) is 0 Å². The van der Waals surface area contributed by atoms with Crippen molar-refractivity contribution in [3.05, 3.63) is 0 Å². The molecule has 2 N–H and O–H groups in total. The zero-order chi connectivity index (χ0) is 14.4. The molecule has 0 aromatic rings. The third-order valence-corrected chi connectivity index (χ3v) is 4.48. The highest BCUT2D eigenvalue weighted by Gasteiger charge is 2.22. The molecular formula is C15H32IN5. The molecule has 1 heterocycles. The number of hydrogen-bond acceptors (Lipinski definition) is 3. The standard InChI is InChI=1S/C15H31N5.HI/c1-4-16-15(18-13-7-5-6-8-13)17-11-14-12-19(2)9-10-20(14)3;/h13-14H,4-12H2,1-3H3,(H2,16,17,18);1H. The van der Waals surface area contributed by atoms with E-state index in [9.17, 15) is 0 Å². The number of nitrogens with zero attached hydrogens (tertiary/aromatic N) is 3.